The van der Waals surface area contributed by atoms with Crippen molar-refractivity contribution in [1.82, 2.24) is 14.4 Å². The van der Waals surface area contributed by atoms with Gasteiger partial charge in [0.15, 0.2) is 0 Å². The number of fused-ring (bicyclic) bond motifs is 5. The van der Waals surface area contributed by atoms with Crippen molar-refractivity contribution in [3.63, 3.8) is 0 Å². The van der Waals surface area contributed by atoms with Gasteiger partial charge in [-0.05, 0) is 13.8 Å². The van der Waals surface area contributed by atoms with E-state index in [-0.39, 0.29) is 17.2 Å². The molecule has 178 valence electrons. The fourth-order valence-corrected chi connectivity index (χ4v) is 7.50. The molecule has 0 N–H and O–H groups in total. The third kappa shape index (κ3) is 3.01. The minimum atomic E-state index is -0.709. The number of benzene rings is 2. The van der Waals surface area contributed by atoms with Crippen LogP contribution < -0.4 is 0 Å². The molecule has 1 fully saturated rings. The molecule has 0 saturated carbocycles. The molecular formula is C28H27N3O2SSe. The Balaban J connectivity index is 1.56. The summed E-state index contributed by atoms with van der Waals surface area (Å²) in [5.41, 5.74) is 7.36. The van der Waals surface area contributed by atoms with E-state index in [1.165, 1.54) is 49.1 Å². The Morgan fingerprint density at radius 3 is 2.26 bits per heavy atom. The van der Waals surface area contributed by atoms with Crippen LogP contribution in [0.25, 0.3) is 26.8 Å². The van der Waals surface area contributed by atoms with Crippen LogP contribution in [0.15, 0.2) is 36.4 Å². The Labute approximate surface area is 216 Å². The number of aromatic nitrogens is 1. The molecule has 4 heterocycles. The van der Waals surface area contributed by atoms with Crippen LogP contribution in [0.5, 0.6) is 0 Å². The number of nitrogens with zero attached hydrogens (tertiary/aromatic N) is 3. The first-order chi connectivity index (χ1) is 16.5. The van der Waals surface area contributed by atoms with Crippen molar-refractivity contribution in [3.05, 3.63) is 63.5 Å². The van der Waals surface area contributed by atoms with Gasteiger partial charge in [-0.2, -0.15) is 0 Å². The third-order valence-corrected chi connectivity index (χ3v) is 10.0. The molecule has 5 nitrogen and oxygen atoms in total. The molecule has 2 aromatic carbocycles. The van der Waals surface area contributed by atoms with Gasteiger partial charge in [0.05, 0.1) is 0 Å². The zero-order valence-electron chi connectivity index (χ0n) is 20.7. The van der Waals surface area contributed by atoms with Gasteiger partial charge in [0.2, 0.25) is 0 Å². The van der Waals surface area contributed by atoms with E-state index >= 15 is 0 Å². The van der Waals surface area contributed by atoms with Crippen LogP contribution in [0.3, 0.4) is 0 Å². The second-order valence-corrected chi connectivity index (χ2v) is 12.3. The van der Waals surface area contributed by atoms with Gasteiger partial charge in [-0.1, -0.05) is 5.56 Å². The fourth-order valence-electron chi connectivity index (χ4n) is 5.75. The average Bonchev–Trinajstić information content (AvgIpc) is 3.37. The summed E-state index contributed by atoms with van der Waals surface area (Å²) in [6, 6.07) is 13.5. The molecule has 0 radical (unpaired) electrons. The zero-order chi connectivity index (χ0) is 25.0. The first-order valence-corrected chi connectivity index (χ1v) is 13.5. The summed E-state index contributed by atoms with van der Waals surface area (Å²) in [7, 11) is 3.44. The zero-order valence-corrected chi connectivity index (χ0v) is 23.3. The van der Waals surface area contributed by atoms with Gasteiger partial charge in [-0.25, -0.2) is 0 Å². The Morgan fingerprint density at radius 2 is 1.57 bits per heavy atom. The summed E-state index contributed by atoms with van der Waals surface area (Å²) in [5.74, 6) is -1.02. The number of thiophene rings is 1. The molecule has 2 amide bonds. The predicted molar refractivity (Wildman–Crippen MR) is 144 cm³/mol. The summed E-state index contributed by atoms with van der Waals surface area (Å²) >= 11 is 4.55. The molecule has 4 aromatic rings. The predicted octanol–water partition coefficient (Wildman–Crippen LogP) is 4.45. The van der Waals surface area contributed by atoms with E-state index in [1.54, 1.807) is 35.2 Å². The summed E-state index contributed by atoms with van der Waals surface area (Å²) in [5, 5.41) is 3.75. The number of carbonyl (C=O) groups is 2. The van der Waals surface area contributed by atoms with Crippen LogP contribution in [-0.4, -0.2) is 60.5 Å². The van der Waals surface area contributed by atoms with Crippen LogP contribution in [0.2, 0.25) is 0 Å². The number of hydrogen-bond acceptors (Lipinski definition) is 3. The van der Waals surface area contributed by atoms with E-state index in [9.17, 15) is 9.59 Å². The second-order valence-electron chi connectivity index (χ2n) is 10.5. The number of rotatable bonds is 2. The number of aryl methyl sites for hydroxylation is 2. The maximum atomic E-state index is 13.0. The average molecular weight is 549 g/mol. The Bertz CT molecular complexity index is 1600. The molecular weight excluding hydrogens is 521 g/mol. The van der Waals surface area contributed by atoms with Crippen LogP contribution in [0, 0.1) is 19.8 Å². The van der Waals surface area contributed by atoms with Gasteiger partial charge in [-0.3, -0.25) is 0 Å². The molecule has 2 aliphatic heterocycles. The van der Waals surface area contributed by atoms with Crippen LogP contribution in [0.1, 0.15) is 41.0 Å². The van der Waals surface area contributed by atoms with E-state index in [4.69, 9.17) is 0 Å². The van der Waals surface area contributed by atoms with E-state index < -0.39 is 5.92 Å². The van der Waals surface area contributed by atoms with E-state index in [0.29, 0.717) is 11.1 Å². The summed E-state index contributed by atoms with van der Waals surface area (Å²) in [6.45, 7) is 8.88. The van der Waals surface area contributed by atoms with Gasteiger partial charge in [-0.15, -0.1) is 0 Å². The quantitative estimate of drug-likeness (QED) is 0.275. The van der Waals surface area contributed by atoms with Crippen molar-refractivity contribution in [2.45, 2.75) is 39.5 Å². The van der Waals surface area contributed by atoms with Crippen molar-refractivity contribution < 1.29 is 9.59 Å². The molecule has 7 heteroatoms. The van der Waals surface area contributed by atoms with E-state index in [1.807, 2.05) is 0 Å². The van der Waals surface area contributed by atoms with Crippen LogP contribution in [0.4, 0.5) is 0 Å². The standard InChI is InChI=1S/C28H27N3O2SSe/c1-14-7-8-22-17(9-14)18-10-15(2)11-20-23(18)31(22)26-21(28(20,3)4)13-16(34-26)12-19-24(32)29(5)27(35)30(6)25(19)33/h7-11,13,19H,12H2,1-6H3. The number of hydrogen-bond donors (Lipinski definition) is 0. The first-order valence-electron chi connectivity index (χ1n) is 11.8. The SMILES string of the molecule is Cc1ccc2c(c1)c1cc(C)cc3c1n2-c1sc(CC2C(=O)N(C)C(=[Se])N(C)C2=O)cc1C3(C)C. The molecule has 0 bridgehead atoms. The minimum absolute atomic E-state index is 0.157. The Kier molecular flexibility index (Phi) is 4.80. The normalized spacial score (nSPS) is 17.7. The molecule has 0 atom stereocenters. The van der Waals surface area contributed by atoms with Gasteiger partial charge >= 0.3 is 198 Å². The molecule has 2 aromatic heterocycles. The summed E-state index contributed by atoms with van der Waals surface area (Å²) in [6.07, 6.45) is 0.407. The fraction of sp³-hybridized carbons (Fsp3) is 0.321. The molecule has 0 aliphatic carbocycles. The summed E-state index contributed by atoms with van der Waals surface area (Å²) < 4.78 is 2.95. The number of amides is 2. The topological polar surface area (TPSA) is 45.6 Å². The molecule has 0 spiro atoms. The van der Waals surface area contributed by atoms with Gasteiger partial charge in [0, 0.05) is 0 Å². The van der Waals surface area contributed by atoms with Gasteiger partial charge in [0.1, 0.15) is 0 Å². The second kappa shape index (κ2) is 7.39. The molecule has 35 heavy (non-hydrogen) atoms. The van der Waals surface area contributed by atoms with Crippen LogP contribution >= 0.6 is 11.3 Å². The van der Waals surface area contributed by atoms with Crippen molar-refractivity contribution in [3.8, 4) is 5.00 Å². The monoisotopic (exact) mass is 549 g/mol. The van der Waals surface area contributed by atoms with E-state index in [0.717, 1.165) is 4.88 Å². The molecule has 0 unspecified atom stereocenters. The molecule has 1 saturated heterocycles. The number of carbonyl (C=O) groups excluding carboxylic acids is 2. The molecule has 6 rings (SSSR count). The Morgan fingerprint density at radius 1 is 0.914 bits per heavy atom. The van der Waals surface area contributed by atoms with Gasteiger partial charge in [0.25, 0.3) is 0 Å². The maximum absolute atomic E-state index is 13.0. The Hall–Kier alpha value is -2.73. The van der Waals surface area contributed by atoms with Crippen molar-refractivity contribution >= 4 is 65.2 Å². The van der Waals surface area contributed by atoms with Crippen molar-refractivity contribution in [1.29, 1.82) is 0 Å². The third-order valence-electron chi connectivity index (χ3n) is 7.71. The first kappa shape index (κ1) is 22.7. The van der Waals surface area contributed by atoms with Crippen molar-refractivity contribution in [2.24, 2.45) is 5.92 Å². The van der Waals surface area contributed by atoms with Gasteiger partial charge < -0.3 is 0 Å². The molecule has 2 aliphatic rings. The van der Waals surface area contributed by atoms with Crippen molar-refractivity contribution in [2.75, 3.05) is 14.1 Å². The summed E-state index contributed by atoms with van der Waals surface area (Å²) in [4.78, 5) is 30.2. The van der Waals surface area contributed by atoms with Crippen LogP contribution in [-0.2, 0) is 21.4 Å². The van der Waals surface area contributed by atoms with E-state index in [2.05, 4.69) is 84.2 Å².